The molecule has 2 heterocycles. The molecule has 1 amide bonds. The van der Waals surface area contributed by atoms with Crippen LogP contribution in [0, 0.1) is 6.92 Å². The first kappa shape index (κ1) is 11.5. The third kappa shape index (κ3) is 1.84. The van der Waals surface area contributed by atoms with E-state index in [0.29, 0.717) is 16.7 Å². The molecule has 2 aromatic rings. The van der Waals surface area contributed by atoms with Crippen molar-refractivity contribution in [3.05, 3.63) is 22.7 Å². The number of fused-ring (bicyclic) bond motifs is 1. The number of methoxy groups -OCH3 is 1. The molecule has 1 aliphatic rings. The van der Waals surface area contributed by atoms with Crippen molar-refractivity contribution in [3.8, 4) is 5.75 Å². The van der Waals surface area contributed by atoms with Crippen molar-refractivity contribution >= 4 is 27.5 Å². The largest absolute Gasteiger partial charge is 0.494 e. The van der Waals surface area contributed by atoms with Crippen LogP contribution in [0.15, 0.2) is 12.3 Å². The SMILES string of the molecule is COc1c(C(=O)NC2CC2)sc2nccc(C)c12. The van der Waals surface area contributed by atoms with E-state index in [9.17, 15) is 4.79 Å². The highest BCUT2D eigenvalue weighted by Gasteiger charge is 2.27. The second-order valence-corrected chi connectivity index (χ2v) is 5.52. The van der Waals surface area contributed by atoms with Gasteiger partial charge in [0.2, 0.25) is 0 Å². The summed E-state index contributed by atoms with van der Waals surface area (Å²) in [5.41, 5.74) is 1.08. The summed E-state index contributed by atoms with van der Waals surface area (Å²) in [6, 6.07) is 2.28. The van der Waals surface area contributed by atoms with Gasteiger partial charge < -0.3 is 10.1 Å². The van der Waals surface area contributed by atoms with Crippen molar-refractivity contribution in [2.45, 2.75) is 25.8 Å². The Labute approximate surface area is 109 Å². The van der Waals surface area contributed by atoms with Gasteiger partial charge >= 0.3 is 0 Å². The van der Waals surface area contributed by atoms with Gasteiger partial charge in [0.15, 0.2) is 5.75 Å². The Morgan fingerprint density at radius 1 is 1.56 bits per heavy atom. The summed E-state index contributed by atoms with van der Waals surface area (Å²) in [6.07, 6.45) is 3.92. The van der Waals surface area contributed by atoms with Crippen molar-refractivity contribution in [2.24, 2.45) is 0 Å². The number of ether oxygens (including phenoxy) is 1. The lowest BCUT2D eigenvalue weighted by Gasteiger charge is -2.04. The van der Waals surface area contributed by atoms with Crippen molar-refractivity contribution in [1.29, 1.82) is 0 Å². The van der Waals surface area contributed by atoms with Gasteiger partial charge in [-0.3, -0.25) is 4.79 Å². The summed E-state index contributed by atoms with van der Waals surface area (Å²) in [6.45, 7) is 2.00. The number of aryl methyl sites for hydroxylation is 1. The standard InChI is InChI=1S/C13H14N2O2S/c1-7-5-6-14-13-9(7)10(17-2)11(18-13)12(16)15-8-3-4-8/h5-6,8H,3-4H2,1-2H3,(H,15,16). The average molecular weight is 262 g/mol. The number of nitrogens with zero attached hydrogens (tertiary/aromatic N) is 1. The zero-order valence-corrected chi connectivity index (χ0v) is 11.1. The number of nitrogens with one attached hydrogen (secondary N) is 1. The van der Waals surface area contributed by atoms with E-state index < -0.39 is 0 Å². The smallest absolute Gasteiger partial charge is 0.265 e. The molecule has 0 aliphatic heterocycles. The molecular formula is C13H14N2O2S. The van der Waals surface area contributed by atoms with E-state index in [0.717, 1.165) is 28.6 Å². The predicted octanol–water partition coefficient (Wildman–Crippen LogP) is 2.51. The summed E-state index contributed by atoms with van der Waals surface area (Å²) in [5, 5.41) is 3.94. The summed E-state index contributed by atoms with van der Waals surface area (Å²) < 4.78 is 5.41. The predicted molar refractivity (Wildman–Crippen MR) is 71.4 cm³/mol. The first-order valence-corrected chi connectivity index (χ1v) is 6.75. The first-order chi connectivity index (χ1) is 8.70. The highest BCUT2D eigenvalue weighted by molar-refractivity contribution is 7.21. The Balaban J connectivity index is 2.10. The number of rotatable bonds is 3. The topological polar surface area (TPSA) is 51.2 Å². The zero-order chi connectivity index (χ0) is 12.7. The van der Waals surface area contributed by atoms with Gasteiger partial charge in [0, 0.05) is 12.2 Å². The van der Waals surface area contributed by atoms with E-state index in [1.165, 1.54) is 11.3 Å². The summed E-state index contributed by atoms with van der Waals surface area (Å²) in [5.74, 6) is 0.607. The molecule has 4 nitrogen and oxygen atoms in total. The maximum Gasteiger partial charge on any atom is 0.265 e. The minimum Gasteiger partial charge on any atom is -0.494 e. The lowest BCUT2D eigenvalue weighted by Crippen LogP contribution is -2.24. The molecule has 0 unspecified atom stereocenters. The average Bonchev–Trinajstić information content (AvgIpc) is 3.07. The number of thiophene rings is 1. The van der Waals surface area contributed by atoms with Crippen molar-refractivity contribution in [2.75, 3.05) is 7.11 Å². The number of pyridine rings is 1. The van der Waals surface area contributed by atoms with Crippen LogP contribution in [0.4, 0.5) is 0 Å². The van der Waals surface area contributed by atoms with Crippen LogP contribution in [0.25, 0.3) is 10.2 Å². The molecule has 0 spiro atoms. The monoisotopic (exact) mass is 262 g/mol. The maximum absolute atomic E-state index is 12.1. The molecule has 94 valence electrons. The van der Waals surface area contributed by atoms with E-state index in [-0.39, 0.29) is 5.91 Å². The van der Waals surface area contributed by atoms with Gasteiger partial charge in [-0.1, -0.05) is 0 Å². The lowest BCUT2D eigenvalue weighted by atomic mass is 10.2. The molecule has 1 aliphatic carbocycles. The van der Waals surface area contributed by atoms with Gasteiger partial charge in [-0.2, -0.15) is 0 Å². The van der Waals surface area contributed by atoms with Crippen LogP contribution in [-0.4, -0.2) is 24.0 Å². The van der Waals surface area contributed by atoms with Gasteiger partial charge in [0.1, 0.15) is 9.71 Å². The Kier molecular flexibility index (Phi) is 2.70. The second kappa shape index (κ2) is 4.24. The third-order valence-corrected chi connectivity index (χ3v) is 4.16. The molecule has 0 bridgehead atoms. The Morgan fingerprint density at radius 3 is 3.00 bits per heavy atom. The molecule has 2 aromatic heterocycles. The molecule has 0 saturated heterocycles. The van der Waals surface area contributed by atoms with Crippen molar-refractivity contribution < 1.29 is 9.53 Å². The van der Waals surface area contributed by atoms with Crippen LogP contribution in [0.1, 0.15) is 28.1 Å². The van der Waals surface area contributed by atoms with Crippen LogP contribution in [0.2, 0.25) is 0 Å². The molecule has 1 fully saturated rings. The van der Waals surface area contributed by atoms with Crippen LogP contribution in [0.5, 0.6) is 5.75 Å². The third-order valence-electron chi connectivity index (χ3n) is 3.08. The minimum atomic E-state index is -0.0447. The van der Waals surface area contributed by atoms with E-state index in [1.54, 1.807) is 13.3 Å². The minimum absolute atomic E-state index is 0.0447. The fourth-order valence-electron chi connectivity index (χ4n) is 1.97. The Hall–Kier alpha value is -1.62. The van der Waals surface area contributed by atoms with Crippen LogP contribution < -0.4 is 10.1 Å². The highest BCUT2D eigenvalue weighted by Crippen LogP contribution is 2.38. The summed E-state index contributed by atoms with van der Waals surface area (Å²) in [4.78, 5) is 17.9. The van der Waals surface area contributed by atoms with E-state index in [1.807, 2.05) is 13.0 Å². The molecule has 3 rings (SSSR count). The molecule has 5 heteroatoms. The normalized spacial score (nSPS) is 14.8. The second-order valence-electron chi connectivity index (χ2n) is 4.52. The first-order valence-electron chi connectivity index (χ1n) is 5.93. The van der Waals surface area contributed by atoms with E-state index in [4.69, 9.17) is 4.74 Å². The fraction of sp³-hybridized carbons (Fsp3) is 0.385. The van der Waals surface area contributed by atoms with Crippen molar-refractivity contribution in [1.82, 2.24) is 10.3 Å². The lowest BCUT2D eigenvalue weighted by molar-refractivity contribution is 0.0952. The van der Waals surface area contributed by atoms with Crippen LogP contribution >= 0.6 is 11.3 Å². The van der Waals surface area contributed by atoms with Crippen LogP contribution in [-0.2, 0) is 0 Å². The number of carbonyl (C=O) groups excluding carboxylic acids is 1. The molecule has 0 atom stereocenters. The molecule has 0 radical (unpaired) electrons. The summed E-state index contributed by atoms with van der Waals surface area (Å²) in [7, 11) is 1.60. The van der Waals surface area contributed by atoms with Gasteiger partial charge in [-0.05, 0) is 31.4 Å². The number of hydrogen-bond acceptors (Lipinski definition) is 4. The Bertz CT molecular complexity index is 617. The van der Waals surface area contributed by atoms with Gasteiger partial charge in [0.05, 0.1) is 12.5 Å². The highest BCUT2D eigenvalue weighted by atomic mass is 32.1. The van der Waals surface area contributed by atoms with Crippen LogP contribution in [0.3, 0.4) is 0 Å². The Morgan fingerprint density at radius 2 is 2.33 bits per heavy atom. The number of aromatic nitrogens is 1. The zero-order valence-electron chi connectivity index (χ0n) is 10.3. The number of amides is 1. The molecule has 1 N–H and O–H groups in total. The number of hydrogen-bond donors (Lipinski definition) is 1. The van der Waals surface area contributed by atoms with Crippen molar-refractivity contribution in [3.63, 3.8) is 0 Å². The molecule has 1 saturated carbocycles. The van der Waals surface area contributed by atoms with Gasteiger partial charge in [-0.15, -0.1) is 11.3 Å². The fourth-order valence-corrected chi connectivity index (χ4v) is 3.06. The van der Waals surface area contributed by atoms with Gasteiger partial charge in [0.25, 0.3) is 5.91 Å². The van der Waals surface area contributed by atoms with E-state index in [2.05, 4.69) is 10.3 Å². The maximum atomic E-state index is 12.1. The van der Waals surface area contributed by atoms with E-state index >= 15 is 0 Å². The quantitative estimate of drug-likeness (QED) is 0.924. The molecular weight excluding hydrogens is 248 g/mol. The number of carbonyl (C=O) groups is 1. The molecule has 18 heavy (non-hydrogen) atoms. The molecule has 0 aromatic carbocycles. The summed E-state index contributed by atoms with van der Waals surface area (Å²) >= 11 is 1.39. The van der Waals surface area contributed by atoms with Gasteiger partial charge in [-0.25, -0.2) is 4.98 Å².